The van der Waals surface area contributed by atoms with E-state index < -0.39 is 0 Å². The Bertz CT molecular complexity index is 849. The zero-order chi connectivity index (χ0) is 16.8. The Morgan fingerprint density at radius 2 is 1.46 bits per heavy atom. The number of carbonyl (C=O) groups is 1. The van der Waals surface area contributed by atoms with Gasteiger partial charge in [0.1, 0.15) is 0 Å². The van der Waals surface area contributed by atoms with E-state index in [1.54, 1.807) is 0 Å². The van der Waals surface area contributed by atoms with E-state index in [-0.39, 0.29) is 5.91 Å². The van der Waals surface area contributed by atoms with Crippen LogP contribution in [0, 0.1) is 6.92 Å². The minimum Gasteiger partial charge on any atom is -0.321 e. The van der Waals surface area contributed by atoms with Crippen molar-refractivity contribution in [2.24, 2.45) is 0 Å². The van der Waals surface area contributed by atoms with Crippen molar-refractivity contribution in [3.8, 4) is 0 Å². The summed E-state index contributed by atoms with van der Waals surface area (Å²) in [7, 11) is 0. The second kappa shape index (κ2) is 7.42. The molecule has 0 saturated carbocycles. The first-order valence-corrected chi connectivity index (χ1v) is 7.92. The molecule has 3 aromatic carbocycles. The van der Waals surface area contributed by atoms with Gasteiger partial charge in [-0.05, 0) is 36.2 Å². The van der Waals surface area contributed by atoms with Gasteiger partial charge in [0.25, 0.3) is 5.91 Å². The van der Waals surface area contributed by atoms with Gasteiger partial charge in [-0.15, -0.1) is 0 Å². The molecule has 0 spiro atoms. The van der Waals surface area contributed by atoms with E-state index in [9.17, 15) is 4.79 Å². The fourth-order valence-electron chi connectivity index (χ4n) is 2.41. The number of hydrogen-bond donors (Lipinski definition) is 1. The Morgan fingerprint density at radius 1 is 0.792 bits per heavy atom. The van der Waals surface area contributed by atoms with E-state index in [0.717, 1.165) is 22.4 Å². The van der Waals surface area contributed by atoms with Gasteiger partial charge in [-0.3, -0.25) is 4.79 Å². The maximum absolute atomic E-state index is 12.4. The zero-order valence-corrected chi connectivity index (χ0v) is 13.6. The highest BCUT2D eigenvalue weighted by Gasteiger charge is 2.07. The van der Waals surface area contributed by atoms with Crippen LogP contribution >= 0.6 is 0 Å². The molecule has 0 bridgehead atoms. The number of para-hydroxylation sites is 1. The number of amides is 1. The van der Waals surface area contributed by atoms with Crippen LogP contribution in [-0.2, 0) is 0 Å². The van der Waals surface area contributed by atoms with Crippen LogP contribution in [0.2, 0.25) is 0 Å². The van der Waals surface area contributed by atoms with Crippen LogP contribution < -0.4 is 5.32 Å². The van der Waals surface area contributed by atoms with Gasteiger partial charge in [0.05, 0.1) is 0 Å². The Balaban J connectivity index is 1.80. The third-order valence-corrected chi connectivity index (χ3v) is 3.78. The summed E-state index contributed by atoms with van der Waals surface area (Å²) in [5.41, 5.74) is 4.69. The predicted octanol–water partition coefficient (Wildman–Crippen LogP) is 5.42. The molecule has 0 aromatic heterocycles. The SMILES string of the molecule is Cc1ccc(C(=O)Nc2ccccc2C=Cc2ccccc2)cc1. The van der Waals surface area contributed by atoms with E-state index in [4.69, 9.17) is 0 Å². The first-order valence-electron chi connectivity index (χ1n) is 7.92. The largest absolute Gasteiger partial charge is 0.321 e. The molecule has 118 valence electrons. The summed E-state index contributed by atoms with van der Waals surface area (Å²) in [6, 6.07) is 25.4. The molecule has 0 radical (unpaired) electrons. The number of anilines is 1. The van der Waals surface area contributed by atoms with Crippen LogP contribution in [-0.4, -0.2) is 5.91 Å². The highest BCUT2D eigenvalue weighted by molar-refractivity contribution is 6.05. The van der Waals surface area contributed by atoms with Crippen LogP contribution in [0.25, 0.3) is 12.2 Å². The molecule has 1 N–H and O–H groups in total. The lowest BCUT2D eigenvalue weighted by Gasteiger charge is -2.09. The molecule has 0 unspecified atom stereocenters. The minimum absolute atomic E-state index is 0.101. The Kier molecular flexibility index (Phi) is 4.87. The second-order valence-corrected chi connectivity index (χ2v) is 5.65. The van der Waals surface area contributed by atoms with Crippen molar-refractivity contribution in [1.82, 2.24) is 0 Å². The van der Waals surface area contributed by atoms with Crippen molar-refractivity contribution >= 4 is 23.7 Å². The van der Waals surface area contributed by atoms with E-state index in [0.29, 0.717) is 5.56 Å². The molecule has 1 amide bonds. The molecule has 0 fully saturated rings. The van der Waals surface area contributed by atoms with Gasteiger partial charge in [-0.25, -0.2) is 0 Å². The first kappa shape index (κ1) is 15.8. The second-order valence-electron chi connectivity index (χ2n) is 5.65. The maximum atomic E-state index is 12.4. The monoisotopic (exact) mass is 313 g/mol. The van der Waals surface area contributed by atoms with Gasteiger partial charge in [0.15, 0.2) is 0 Å². The standard InChI is InChI=1S/C22H19NO/c1-17-11-14-20(15-12-17)22(24)23-21-10-6-5-9-19(21)16-13-18-7-3-2-4-8-18/h2-16H,1H3,(H,23,24). The molecule has 0 aliphatic heterocycles. The third-order valence-electron chi connectivity index (χ3n) is 3.78. The van der Waals surface area contributed by atoms with Crippen LogP contribution in [0.5, 0.6) is 0 Å². The van der Waals surface area contributed by atoms with Crippen LogP contribution in [0.15, 0.2) is 78.9 Å². The summed E-state index contributed by atoms with van der Waals surface area (Å²) in [6.45, 7) is 2.01. The summed E-state index contributed by atoms with van der Waals surface area (Å²) < 4.78 is 0. The molecule has 3 aromatic rings. The molecular formula is C22H19NO. The van der Waals surface area contributed by atoms with Crippen molar-refractivity contribution in [3.05, 3.63) is 101 Å². The Labute approximate surface area is 142 Å². The summed E-state index contributed by atoms with van der Waals surface area (Å²) in [4.78, 5) is 12.4. The number of aryl methyl sites for hydroxylation is 1. The lowest BCUT2D eigenvalue weighted by molar-refractivity contribution is 0.102. The lowest BCUT2D eigenvalue weighted by atomic mass is 10.1. The van der Waals surface area contributed by atoms with Crippen molar-refractivity contribution in [1.29, 1.82) is 0 Å². The fourth-order valence-corrected chi connectivity index (χ4v) is 2.41. The molecule has 0 heterocycles. The molecule has 0 aliphatic rings. The van der Waals surface area contributed by atoms with Gasteiger partial charge in [-0.1, -0.05) is 78.4 Å². The average Bonchev–Trinajstić information content (AvgIpc) is 2.62. The van der Waals surface area contributed by atoms with Gasteiger partial charge >= 0.3 is 0 Å². The molecule has 0 saturated heterocycles. The number of nitrogens with one attached hydrogen (secondary N) is 1. The van der Waals surface area contributed by atoms with Crippen molar-refractivity contribution in [3.63, 3.8) is 0 Å². The summed E-state index contributed by atoms with van der Waals surface area (Å²) in [5, 5.41) is 2.99. The quantitative estimate of drug-likeness (QED) is 0.640. The molecule has 0 atom stereocenters. The normalized spacial score (nSPS) is 10.7. The van der Waals surface area contributed by atoms with E-state index >= 15 is 0 Å². The maximum Gasteiger partial charge on any atom is 0.255 e. The summed E-state index contributed by atoms with van der Waals surface area (Å²) in [5.74, 6) is -0.101. The van der Waals surface area contributed by atoms with Crippen LogP contribution in [0.3, 0.4) is 0 Å². The molecule has 2 heteroatoms. The smallest absolute Gasteiger partial charge is 0.255 e. The molecule has 0 aliphatic carbocycles. The van der Waals surface area contributed by atoms with Crippen molar-refractivity contribution < 1.29 is 4.79 Å². The molecular weight excluding hydrogens is 294 g/mol. The zero-order valence-electron chi connectivity index (χ0n) is 13.6. The van der Waals surface area contributed by atoms with E-state index in [2.05, 4.69) is 5.32 Å². The van der Waals surface area contributed by atoms with Gasteiger partial charge in [-0.2, -0.15) is 0 Å². The summed E-state index contributed by atoms with van der Waals surface area (Å²) in [6.07, 6.45) is 4.05. The van der Waals surface area contributed by atoms with Crippen LogP contribution in [0.1, 0.15) is 27.0 Å². The minimum atomic E-state index is -0.101. The van der Waals surface area contributed by atoms with Gasteiger partial charge in [0.2, 0.25) is 0 Å². The van der Waals surface area contributed by atoms with Crippen molar-refractivity contribution in [2.45, 2.75) is 6.92 Å². The Hall–Kier alpha value is -3.13. The topological polar surface area (TPSA) is 29.1 Å². The first-order chi connectivity index (χ1) is 11.7. The fraction of sp³-hybridized carbons (Fsp3) is 0.0455. The van der Waals surface area contributed by atoms with E-state index in [1.807, 2.05) is 97.9 Å². The number of rotatable bonds is 4. The van der Waals surface area contributed by atoms with Gasteiger partial charge < -0.3 is 5.32 Å². The molecule has 24 heavy (non-hydrogen) atoms. The highest BCUT2D eigenvalue weighted by Crippen LogP contribution is 2.19. The number of carbonyl (C=O) groups excluding carboxylic acids is 1. The third kappa shape index (κ3) is 3.99. The van der Waals surface area contributed by atoms with Crippen LogP contribution in [0.4, 0.5) is 5.69 Å². The lowest BCUT2D eigenvalue weighted by Crippen LogP contribution is -2.12. The predicted molar refractivity (Wildman–Crippen MR) is 101 cm³/mol. The van der Waals surface area contributed by atoms with Gasteiger partial charge in [0, 0.05) is 11.3 Å². The number of benzene rings is 3. The average molecular weight is 313 g/mol. The van der Waals surface area contributed by atoms with Crippen molar-refractivity contribution in [2.75, 3.05) is 5.32 Å². The highest BCUT2D eigenvalue weighted by atomic mass is 16.1. The molecule has 2 nitrogen and oxygen atoms in total. The Morgan fingerprint density at radius 3 is 2.21 bits per heavy atom. The summed E-state index contributed by atoms with van der Waals surface area (Å²) >= 11 is 0. The van der Waals surface area contributed by atoms with E-state index in [1.165, 1.54) is 0 Å². The molecule has 3 rings (SSSR count). The number of hydrogen-bond acceptors (Lipinski definition) is 1.